The lowest BCUT2D eigenvalue weighted by Crippen LogP contribution is -2.66. The Morgan fingerprint density at radius 3 is 2.19 bits per heavy atom. The average Bonchev–Trinajstić information content (AvgIpc) is 2.70. The quantitative estimate of drug-likeness (QED) is 0.389. The van der Waals surface area contributed by atoms with Gasteiger partial charge >= 0.3 is 0 Å². The van der Waals surface area contributed by atoms with Crippen LogP contribution in [0.15, 0.2) is 11.6 Å². The zero-order chi connectivity index (χ0) is 22.6. The van der Waals surface area contributed by atoms with Crippen LogP contribution in [-0.2, 0) is 0 Å². The second-order valence-corrected chi connectivity index (χ2v) is 14.7. The molecule has 0 aromatic rings. The maximum atomic E-state index is 10.8. The van der Waals surface area contributed by atoms with Crippen LogP contribution >= 0.6 is 0 Å². The highest BCUT2D eigenvalue weighted by Gasteiger charge is 2.69. The summed E-state index contributed by atoms with van der Waals surface area (Å²) in [5, 5.41) is 10.8. The number of rotatable bonds is 0. The molecule has 1 unspecified atom stereocenters. The molecule has 0 bridgehead atoms. The molecule has 4 fully saturated rings. The zero-order valence-electron chi connectivity index (χ0n) is 21.9. The first kappa shape index (κ1) is 22.5. The van der Waals surface area contributed by atoms with Crippen LogP contribution < -0.4 is 0 Å². The van der Waals surface area contributed by atoms with Gasteiger partial charge in [0, 0.05) is 5.41 Å². The highest BCUT2D eigenvalue weighted by atomic mass is 16.3. The highest BCUT2D eigenvalue weighted by molar-refractivity contribution is 5.30. The van der Waals surface area contributed by atoms with Crippen LogP contribution in [0, 0.1) is 56.7 Å². The van der Waals surface area contributed by atoms with Crippen molar-refractivity contribution < 1.29 is 5.11 Å². The van der Waals surface area contributed by atoms with Crippen molar-refractivity contribution in [2.45, 2.75) is 119 Å². The molecule has 0 radical (unpaired) electrons. The molecular formula is C30H50O. The van der Waals surface area contributed by atoms with Gasteiger partial charge in [0.1, 0.15) is 0 Å². The molecule has 0 spiro atoms. The van der Waals surface area contributed by atoms with Crippen molar-refractivity contribution in [3.8, 4) is 0 Å². The Morgan fingerprint density at radius 1 is 0.806 bits per heavy atom. The van der Waals surface area contributed by atoms with Gasteiger partial charge in [-0.25, -0.2) is 0 Å². The maximum Gasteiger partial charge on any atom is 0.0628 e. The van der Waals surface area contributed by atoms with E-state index in [-0.39, 0.29) is 11.5 Å². The monoisotopic (exact) mass is 426 g/mol. The Morgan fingerprint density at radius 2 is 1.48 bits per heavy atom. The van der Waals surface area contributed by atoms with Crippen LogP contribution in [0.1, 0.15) is 113 Å². The molecule has 0 amide bonds. The lowest BCUT2D eigenvalue weighted by Gasteiger charge is -2.73. The molecule has 1 nitrogen and oxygen atoms in total. The van der Waals surface area contributed by atoms with Crippen molar-refractivity contribution in [2.24, 2.45) is 56.7 Å². The zero-order valence-corrected chi connectivity index (χ0v) is 21.9. The van der Waals surface area contributed by atoms with Crippen molar-refractivity contribution in [3.63, 3.8) is 0 Å². The van der Waals surface area contributed by atoms with Crippen molar-refractivity contribution in [1.82, 2.24) is 0 Å². The molecule has 0 aromatic carbocycles. The third-order valence-corrected chi connectivity index (χ3v) is 13.4. The molecule has 10 atom stereocenters. The summed E-state index contributed by atoms with van der Waals surface area (Å²) in [6.07, 6.45) is 14.5. The first-order chi connectivity index (χ1) is 14.3. The lowest BCUT2D eigenvalue weighted by molar-refractivity contribution is -0.238. The number of hydrogen-bond donors (Lipinski definition) is 1. The molecule has 0 aromatic heterocycles. The van der Waals surface area contributed by atoms with E-state index in [1.807, 2.05) is 0 Å². The Bertz CT molecular complexity index is 779. The third-order valence-electron chi connectivity index (χ3n) is 13.4. The number of aliphatic hydroxyl groups excluding tert-OH is 1. The normalized spacial score (nSPS) is 58.3. The number of fused-ring (bicyclic) bond motifs is 7. The van der Waals surface area contributed by atoms with Gasteiger partial charge in [-0.2, -0.15) is 0 Å². The third kappa shape index (κ3) is 2.65. The summed E-state index contributed by atoms with van der Waals surface area (Å²) in [7, 11) is 0. The molecule has 31 heavy (non-hydrogen) atoms. The van der Waals surface area contributed by atoms with Crippen LogP contribution in [0.5, 0.6) is 0 Å². The highest BCUT2D eigenvalue weighted by Crippen LogP contribution is 2.77. The second kappa shape index (κ2) is 6.64. The van der Waals surface area contributed by atoms with E-state index in [4.69, 9.17) is 0 Å². The summed E-state index contributed by atoms with van der Waals surface area (Å²) in [5.41, 5.74) is 3.44. The predicted molar refractivity (Wildman–Crippen MR) is 131 cm³/mol. The predicted octanol–water partition coefficient (Wildman–Crippen LogP) is 8.02. The van der Waals surface area contributed by atoms with E-state index in [9.17, 15) is 5.11 Å². The first-order valence-electron chi connectivity index (χ1n) is 13.7. The summed E-state index contributed by atoms with van der Waals surface area (Å²) in [4.78, 5) is 0. The van der Waals surface area contributed by atoms with Crippen molar-refractivity contribution in [2.75, 3.05) is 0 Å². The smallest absolute Gasteiger partial charge is 0.0628 e. The lowest BCUT2D eigenvalue weighted by atomic mass is 9.31. The van der Waals surface area contributed by atoms with Gasteiger partial charge in [-0.1, -0.05) is 67.0 Å². The average molecular weight is 427 g/mol. The Balaban J connectivity index is 1.58. The van der Waals surface area contributed by atoms with Gasteiger partial charge < -0.3 is 5.11 Å². The Labute approximate surface area is 192 Å². The SMILES string of the molecule is C[C@H]1[C@H](C)CC[C@]2(C)CC[C@]3(C)[C@@H]4CC=C5C(CC[C@H](O)C5(C)C)[C@]4(C)CC[C@@]3(C)[C@H]12. The van der Waals surface area contributed by atoms with Gasteiger partial charge in [0.2, 0.25) is 0 Å². The van der Waals surface area contributed by atoms with Crippen LogP contribution in [-0.4, -0.2) is 11.2 Å². The standard InChI is InChI=1S/C30H50O/c1-19-13-14-27(5)15-17-29(7)23-11-9-21-22(10-12-24(31)26(21,3)4)28(23,6)16-18-30(29,8)25(27)20(19)2/h9,19-20,22-25,31H,10-18H2,1-8H3/t19-,20+,22?,23-,24+,25-,27-,28+,29-,30+/m1/s1. The summed E-state index contributed by atoms with van der Waals surface area (Å²) in [6, 6.07) is 0. The van der Waals surface area contributed by atoms with Crippen LogP contribution in [0.25, 0.3) is 0 Å². The molecule has 4 saturated carbocycles. The maximum absolute atomic E-state index is 10.8. The fraction of sp³-hybridized carbons (Fsp3) is 0.933. The first-order valence-corrected chi connectivity index (χ1v) is 13.7. The minimum atomic E-state index is -0.167. The molecule has 0 aliphatic heterocycles. The van der Waals surface area contributed by atoms with Gasteiger partial charge in [-0.3, -0.25) is 0 Å². The molecule has 0 saturated heterocycles. The second-order valence-electron chi connectivity index (χ2n) is 14.7. The number of hydrogen-bond acceptors (Lipinski definition) is 1. The van der Waals surface area contributed by atoms with Gasteiger partial charge in [-0.05, 0) is 109 Å². The Kier molecular flexibility index (Phi) is 4.82. The van der Waals surface area contributed by atoms with Crippen LogP contribution in [0.2, 0.25) is 0 Å². The number of aliphatic hydroxyl groups is 1. The topological polar surface area (TPSA) is 20.2 Å². The summed E-state index contributed by atoms with van der Waals surface area (Å²) in [5.74, 6) is 4.09. The summed E-state index contributed by atoms with van der Waals surface area (Å²) in [6.45, 7) is 20.6. The molecule has 1 heteroatoms. The number of allylic oxidation sites excluding steroid dienone is 1. The van der Waals surface area contributed by atoms with E-state index in [0.717, 1.165) is 30.1 Å². The minimum Gasteiger partial charge on any atom is -0.392 e. The Hall–Kier alpha value is -0.300. The van der Waals surface area contributed by atoms with E-state index >= 15 is 0 Å². The van der Waals surface area contributed by atoms with E-state index in [0.29, 0.717) is 27.6 Å². The van der Waals surface area contributed by atoms with Crippen LogP contribution in [0.4, 0.5) is 0 Å². The minimum absolute atomic E-state index is 0.0446. The van der Waals surface area contributed by atoms with E-state index < -0.39 is 0 Å². The summed E-state index contributed by atoms with van der Waals surface area (Å²) >= 11 is 0. The molecular weight excluding hydrogens is 376 g/mol. The van der Waals surface area contributed by atoms with E-state index in [2.05, 4.69) is 61.5 Å². The summed E-state index contributed by atoms with van der Waals surface area (Å²) < 4.78 is 0. The molecule has 0 heterocycles. The molecule has 5 aliphatic carbocycles. The van der Waals surface area contributed by atoms with E-state index in [1.165, 1.54) is 51.4 Å². The fourth-order valence-electron chi connectivity index (χ4n) is 11.0. The van der Waals surface area contributed by atoms with E-state index in [1.54, 1.807) is 5.57 Å². The van der Waals surface area contributed by atoms with Gasteiger partial charge in [0.05, 0.1) is 6.10 Å². The van der Waals surface area contributed by atoms with Gasteiger partial charge in [-0.15, -0.1) is 0 Å². The van der Waals surface area contributed by atoms with Crippen molar-refractivity contribution in [3.05, 3.63) is 11.6 Å². The van der Waals surface area contributed by atoms with Gasteiger partial charge in [0.15, 0.2) is 0 Å². The largest absolute Gasteiger partial charge is 0.392 e. The van der Waals surface area contributed by atoms with Crippen molar-refractivity contribution >= 4 is 0 Å². The fourth-order valence-corrected chi connectivity index (χ4v) is 11.0. The molecule has 176 valence electrons. The van der Waals surface area contributed by atoms with Crippen LogP contribution in [0.3, 0.4) is 0 Å². The molecule has 5 rings (SSSR count). The molecule has 5 aliphatic rings. The molecule has 1 N–H and O–H groups in total. The van der Waals surface area contributed by atoms with Crippen molar-refractivity contribution in [1.29, 1.82) is 0 Å². The van der Waals surface area contributed by atoms with Gasteiger partial charge in [0.25, 0.3) is 0 Å².